The molecular formula is C19H15N3O. The molecule has 1 N–H and O–H groups in total. The SMILES string of the molecule is COc1cccc(-c2n[nH]c3ccnc(-c4ccccc4)c23)c1. The van der Waals surface area contributed by atoms with Gasteiger partial charge in [0.1, 0.15) is 11.4 Å². The topological polar surface area (TPSA) is 50.8 Å². The fourth-order valence-corrected chi connectivity index (χ4v) is 2.76. The first kappa shape index (κ1) is 13.5. The summed E-state index contributed by atoms with van der Waals surface area (Å²) >= 11 is 0. The Morgan fingerprint density at radius 3 is 2.52 bits per heavy atom. The molecular weight excluding hydrogens is 286 g/mol. The second kappa shape index (κ2) is 5.57. The molecule has 0 unspecified atom stereocenters. The zero-order valence-electron chi connectivity index (χ0n) is 12.7. The van der Waals surface area contributed by atoms with Gasteiger partial charge < -0.3 is 4.74 Å². The molecule has 112 valence electrons. The van der Waals surface area contributed by atoms with Gasteiger partial charge in [-0.1, -0.05) is 42.5 Å². The van der Waals surface area contributed by atoms with Crippen LogP contribution in [0.5, 0.6) is 5.75 Å². The Balaban J connectivity index is 1.98. The molecule has 4 rings (SSSR count). The second-order valence-corrected chi connectivity index (χ2v) is 5.25. The molecule has 0 atom stereocenters. The Kier molecular flexibility index (Phi) is 3.27. The number of H-pyrrole nitrogens is 1. The lowest BCUT2D eigenvalue weighted by Crippen LogP contribution is -1.87. The van der Waals surface area contributed by atoms with Crippen molar-refractivity contribution in [3.05, 3.63) is 66.9 Å². The van der Waals surface area contributed by atoms with E-state index in [0.717, 1.165) is 39.2 Å². The molecule has 0 aliphatic heterocycles. The van der Waals surface area contributed by atoms with Crippen LogP contribution >= 0.6 is 0 Å². The van der Waals surface area contributed by atoms with Gasteiger partial charge in [-0.05, 0) is 18.2 Å². The Bertz CT molecular complexity index is 961. The van der Waals surface area contributed by atoms with Gasteiger partial charge in [-0.2, -0.15) is 5.10 Å². The number of nitrogens with zero attached hydrogens (tertiary/aromatic N) is 2. The summed E-state index contributed by atoms with van der Waals surface area (Å²) in [6.07, 6.45) is 1.80. The number of pyridine rings is 1. The quantitative estimate of drug-likeness (QED) is 0.614. The molecule has 2 aromatic carbocycles. The van der Waals surface area contributed by atoms with Crippen LogP contribution < -0.4 is 4.74 Å². The van der Waals surface area contributed by atoms with Crippen molar-refractivity contribution in [2.75, 3.05) is 7.11 Å². The third kappa shape index (κ3) is 2.34. The van der Waals surface area contributed by atoms with E-state index in [1.807, 2.05) is 48.5 Å². The maximum Gasteiger partial charge on any atom is 0.119 e. The van der Waals surface area contributed by atoms with Crippen molar-refractivity contribution >= 4 is 10.9 Å². The summed E-state index contributed by atoms with van der Waals surface area (Å²) in [5.41, 5.74) is 4.85. The predicted octanol–water partition coefficient (Wildman–Crippen LogP) is 4.30. The second-order valence-electron chi connectivity index (χ2n) is 5.25. The molecule has 2 aromatic heterocycles. The molecule has 0 aliphatic rings. The van der Waals surface area contributed by atoms with E-state index in [1.54, 1.807) is 13.3 Å². The molecule has 4 heteroatoms. The van der Waals surface area contributed by atoms with Crippen LogP contribution in [0.25, 0.3) is 33.4 Å². The third-order valence-corrected chi connectivity index (χ3v) is 3.87. The standard InChI is InChI=1S/C19H15N3O/c1-23-15-9-5-8-14(12-15)19-17-16(21-22-19)10-11-20-18(17)13-6-3-2-4-7-13/h2-12H,1H3,(H,21,22). The van der Waals surface area contributed by atoms with E-state index >= 15 is 0 Å². The summed E-state index contributed by atoms with van der Waals surface area (Å²) in [4.78, 5) is 4.59. The van der Waals surface area contributed by atoms with Crippen molar-refractivity contribution in [3.8, 4) is 28.3 Å². The summed E-state index contributed by atoms with van der Waals surface area (Å²) in [5.74, 6) is 0.809. The van der Waals surface area contributed by atoms with Crippen LogP contribution in [0.3, 0.4) is 0 Å². The smallest absolute Gasteiger partial charge is 0.119 e. The van der Waals surface area contributed by atoms with E-state index < -0.39 is 0 Å². The number of aromatic nitrogens is 3. The summed E-state index contributed by atoms with van der Waals surface area (Å²) < 4.78 is 5.33. The van der Waals surface area contributed by atoms with E-state index in [2.05, 4.69) is 27.3 Å². The number of nitrogens with one attached hydrogen (secondary N) is 1. The van der Waals surface area contributed by atoms with Crippen molar-refractivity contribution in [1.29, 1.82) is 0 Å². The van der Waals surface area contributed by atoms with Gasteiger partial charge in [0, 0.05) is 17.3 Å². The van der Waals surface area contributed by atoms with Gasteiger partial charge in [0.2, 0.25) is 0 Å². The zero-order valence-corrected chi connectivity index (χ0v) is 12.7. The van der Waals surface area contributed by atoms with E-state index in [0.29, 0.717) is 0 Å². The number of hydrogen-bond acceptors (Lipinski definition) is 3. The van der Waals surface area contributed by atoms with Gasteiger partial charge in [0.25, 0.3) is 0 Å². The molecule has 4 nitrogen and oxygen atoms in total. The monoisotopic (exact) mass is 301 g/mol. The van der Waals surface area contributed by atoms with Crippen molar-refractivity contribution in [3.63, 3.8) is 0 Å². The highest BCUT2D eigenvalue weighted by molar-refractivity contribution is 6.02. The fourth-order valence-electron chi connectivity index (χ4n) is 2.76. The predicted molar refractivity (Wildman–Crippen MR) is 91.3 cm³/mol. The molecule has 23 heavy (non-hydrogen) atoms. The van der Waals surface area contributed by atoms with Crippen LogP contribution in [0, 0.1) is 0 Å². The minimum absolute atomic E-state index is 0.809. The highest BCUT2D eigenvalue weighted by Crippen LogP contribution is 2.34. The summed E-state index contributed by atoms with van der Waals surface area (Å²) in [7, 11) is 1.67. The minimum atomic E-state index is 0.809. The van der Waals surface area contributed by atoms with Gasteiger partial charge in [-0.15, -0.1) is 0 Å². The lowest BCUT2D eigenvalue weighted by atomic mass is 10.0. The normalized spacial score (nSPS) is 10.8. The van der Waals surface area contributed by atoms with Crippen molar-refractivity contribution in [1.82, 2.24) is 15.2 Å². The molecule has 0 amide bonds. The highest BCUT2D eigenvalue weighted by atomic mass is 16.5. The summed E-state index contributed by atoms with van der Waals surface area (Å²) in [5, 5.41) is 8.63. The van der Waals surface area contributed by atoms with E-state index in [-0.39, 0.29) is 0 Å². The van der Waals surface area contributed by atoms with Gasteiger partial charge in [0.05, 0.1) is 23.7 Å². The van der Waals surface area contributed by atoms with E-state index in [1.165, 1.54) is 0 Å². The van der Waals surface area contributed by atoms with Crippen LogP contribution in [-0.2, 0) is 0 Å². The lowest BCUT2D eigenvalue weighted by molar-refractivity contribution is 0.415. The average Bonchev–Trinajstić information content (AvgIpc) is 3.07. The average molecular weight is 301 g/mol. The van der Waals surface area contributed by atoms with Crippen LogP contribution in [0.4, 0.5) is 0 Å². The maximum absolute atomic E-state index is 5.33. The van der Waals surface area contributed by atoms with Gasteiger partial charge in [-0.3, -0.25) is 10.1 Å². The van der Waals surface area contributed by atoms with E-state index in [9.17, 15) is 0 Å². The molecule has 0 radical (unpaired) electrons. The number of hydrogen-bond donors (Lipinski definition) is 1. The number of fused-ring (bicyclic) bond motifs is 1. The van der Waals surface area contributed by atoms with Crippen molar-refractivity contribution < 1.29 is 4.74 Å². The molecule has 0 fully saturated rings. The van der Waals surface area contributed by atoms with E-state index in [4.69, 9.17) is 4.74 Å². The Morgan fingerprint density at radius 1 is 0.870 bits per heavy atom. The number of aromatic amines is 1. The number of methoxy groups -OCH3 is 1. The van der Waals surface area contributed by atoms with Crippen molar-refractivity contribution in [2.24, 2.45) is 0 Å². The number of ether oxygens (including phenoxy) is 1. The molecule has 0 spiro atoms. The largest absolute Gasteiger partial charge is 0.497 e. The maximum atomic E-state index is 5.33. The Hall–Kier alpha value is -3.14. The molecule has 0 saturated heterocycles. The van der Waals surface area contributed by atoms with Gasteiger partial charge in [0.15, 0.2) is 0 Å². The lowest BCUT2D eigenvalue weighted by Gasteiger charge is -2.06. The zero-order chi connectivity index (χ0) is 15.6. The molecule has 0 bridgehead atoms. The van der Waals surface area contributed by atoms with Crippen molar-refractivity contribution in [2.45, 2.75) is 0 Å². The Morgan fingerprint density at radius 2 is 1.70 bits per heavy atom. The van der Waals surface area contributed by atoms with Crippen LogP contribution in [-0.4, -0.2) is 22.3 Å². The molecule has 0 aliphatic carbocycles. The first-order valence-corrected chi connectivity index (χ1v) is 7.40. The Labute approximate surface area is 133 Å². The number of rotatable bonds is 3. The third-order valence-electron chi connectivity index (χ3n) is 3.87. The minimum Gasteiger partial charge on any atom is -0.497 e. The summed E-state index contributed by atoms with van der Waals surface area (Å²) in [6.45, 7) is 0. The fraction of sp³-hybridized carbons (Fsp3) is 0.0526. The van der Waals surface area contributed by atoms with Crippen LogP contribution in [0.1, 0.15) is 0 Å². The summed E-state index contributed by atoms with van der Waals surface area (Å²) in [6, 6.07) is 20.0. The van der Waals surface area contributed by atoms with Gasteiger partial charge in [-0.25, -0.2) is 0 Å². The highest BCUT2D eigenvalue weighted by Gasteiger charge is 2.14. The molecule has 2 heterocycles. The van der Waals surface area contributed by atoms with Crippen LogP contribution in [0.2, 0.25) is 0 Å². The number of benzene rings is 2. The molecule has 4 aromatic rings. The first-order valence-electron chi connectivity index (χ1n) is 7.40. The van der Waals surface area contributed by atoms with Crippen LogP contribution in [0.15, 0.2) is 66.9 Å². The molecule has 0 saturated carbocycles. The first-order chi connectivity index (χ1) is 11.4. The van der Waals surface area contributed by atoms with Gasteiger partial charge >= 0.3 is 0 Å².